The Hall–Kier alpha value is -1.63. The van der Waals surface area contributed by atoms with Crippen molar-refractivity contribution < 1.29 is 10.0 Å². The van der Waals surface area contributed by atoms with Crippen LogP contribution in [0.15, 0.2) is 16.9 Å². The van der Waals surface area contributed by atoms with Crippen LogP contribution in [0.3, 0.4) is 0 Å². The van der Waals surface area contributed by atoms with Crippen LogP contribution >= 0.6 is 11.3 Å². The van der Waals surface area contributed by atoms with E-state index in [1.54, 1.807) is 11.7 Å². The van der Waals surface area contributed by atoms with Gasteiger partial charge < -0.3 is 16.3 Å². The number of carbonyl (C=O) groups excluding carboxylic acids is 1. The molecule has 0 fully saturated rings. The Morgan fingerprint density at radius 3 is 2.88 bits per heavy atom. The molecule has 1 aromatic heterocycles. The molecular formula is C10H16N4O2S. The number of aromatic nitrogens is 1. The molecule has 0 saturated carbocycles. The maximum absolute atomic E-state index is 11.9. The molecule has 0 aliphatic carbocycles. The van der Waals surface area contributed by atoms with E-state index in [0.29, 0.717) is 6.54 Å². The molecule has 0 bridgehead atoms. The molecule has 0 spiro atoms. The highest BCUT2D eigenvalue weighted by Gasteiger charge is 2.26. The minimum atomic E-state index is -0.618. The monoisotopic (exact) mass is 256 g/mol. The lowest BCUT2D eigenvalue weighted by Crippen LogP contribution is -2.41. The van der Waals surface area contributed by atoms with E-state index in [1.165, 1.54) is 11.3 Å². The number of carbonyl (C=O) groups is 1. The number of nitrogens with one attached hydrogen (secondary N) is 1. The molecule has 0 saturated heterocycles. The molecule has 1 rings (SSSR count). The first-order valence-electron chi connectivity index (χ1n) is 5.18. The molecule has 1 atom stereocenters. The summed E-state index contributed by atoms with van der Waals surface area (Å²) in [5.41, 5.74) is 7.20. The molecule has 1 unspecified atom stereocenters. The summed E-state index contributed by atoms with van der Waals surface area (Å²) < 4.78 is 0. The Morgan fingerprint density at radius 1 is 1.71 bits per heavy atom. The highest BCUT2D eigenvalue weighted by atomic mass is 32.1. The molecule has 7 heteroatoms. The van der Waals surface area contributed by atoms with Crippen molar-refractivity contribution in [3.8, 4) is 0 Å². The summed E-state index contributed by atoms with van der Waals surface area (Å²) in [7, 11) is 0. The number of oxime groups is 1. The van der Waals surface area contributed by atoms with Crippen LogP contribution in [0.2, 0.25) is 0 Å². The number of amides is 1. The van der Waals surface area contributed by atoms with E-state index < -0.39 is 5.92 Å². The van der Waals surface area contributed by atoms with Crippen LogP contribution in [0.1, 0.15) is 18.7 Å². The molecule has 17 heavy (non-hydrogen) atoms. The van der Waals surface area contributed by atoms with Crippen LogP contribution in [0, 0.1) is 11.8 Å². The van der Waals surface area contributed by atoms with Crippen molar-refractivity contribution in [2.75, 3.05) is 0 Å². The number of amidine groups is 1. The maximum atomic E-state index is 11.9. The van der Waals surface area contributed by atoms with E-state index in [4.69, 9.17) is 10.9 Å². The molecule has 1 heterocycles. The van der Waals surface area contributed by atoms with Gasteiger partial charge in [-0.25, -0.2) is 0 Å². The summed E-state index contributed by atoms with van der Waals surface area (Å²) in [5.74, 6) is -0.967. The van der Waals surface area contributed by atoms with Crippen LogP contribution in [-0.4, -0.2) is 21.9 Å². The van der Waals surface area contributed by atoms with Gasteiger partial charge in [0.05, 0.1) is 12.1 Å². The Morgan fingerprint density at radius 2 is 2.41 bits per heavy atom. The molecular weight excluding hydrogens is 240 g/mol. The molecule has 1 amide bonds. The van der Waals surface area contributed by atoms with Gasteiger partial charge in [-0.3, -0.25) is 9.78 Å². The van der Waals surface area contributed by atoms with Gasteiger partial charge in [-0.2, -0.15) is 0 Å². The van der Waals surface area contributed by atoms with Crippen molar-refractivity contribution in [3.63, 3.8) is 0 Å². The summed E-state index contributed by atoms with van der Waals surface area (Å²) in [6.07, 6.45) is 1.69. The maximum Gasteiger partial charge on any atom is 0.231 e. The fourth-order valence-electron chi connectivity index (χ4n) is 1.45. The van der Waals surface area contributed by atoms with E-state index in [2.05, 4.69) is 15.5 Å². The third-order valence-corrected chi connectivity index (χ3v) is 3.08. The number of nitrogens with two attached hydrogens (primary N) is 1. The molecule has 0 aliphatic heterocycles. The van der Waals surface area contributed by atoms with Crippen molar-refractivity contribution >= 4 is 23.1 Å². The second kappa shape index (κ2) is 6.19. The summed E-state index contributed by atoms with van der Waals surface area (Å²) in [4.78, 5) is 16.8. The zero-order chi connectivity index (χ0) is 12.8. The minimum Gasteiger partial charge on any atom is -0.409 e. The van der Waals surface area contributed by atoms with Gasteiger partial charge in [-0.15, -0.1) is 11.3 Å². The fraction of sp³-hybridized carbons (Fsp3) is 0.500. The second-order valence-corrected chi connectivity index (χ2v) is 4.90. The Balaban J connectivity index is 2.60. The van der Waals surface area contributed by atoms with Gasteiger partial charge >= 0.3 is 0 Å². The zero-order valence-corrected chi connectivity index (χ0v) is 10.6. The average molecular weight is 256 g/mol. The largest absolute Gasteiger partial charge is 0.409 e. The smallest absolute Gasteiger partial charge is 0.231 e. The van der Waals surface area contributed by atoms with Gasteiger partial charge in [0.2, 0.25) is 5.91 Å². The van der Waals surface area contributed by atoms with E-state index in [0.717, 1.165) is 4.88 Å². The van der Waals surface area contributed by atoms with Gasteiger partial charge in [-0.05, 0) is 5.92 Å². The molecule has 4 N–H and O–H groups in total. The average Bonchev–Trinajstić information content (AvgIpc) is 2.78. The number of hydrogen-bond acceptors (Lipinski definition) is 5. The number of thiazole rings is 1. The summed E-state index contributed by atoms with van der Waals surface area (Å²) in [6.45, 7) is 4.09. The van der Waals surface area contributed by atoms with Gasteiger partial charge in [0.25, 0.3) is 0 Å². The van der Waals surface area contributed by atoms with Gasteiger partial charge in [0, 0.05) is 11.1 Å². The number of nitrogens with zero attached hydrogens (tertiary/aromatic N) is 2. The van der Waals surface area contributed by atoms with E-state index in [1.807, 2.05) is 13.8 Å². The van der Waals surface area contributed by atoms with Crippen molar-refractivity contribution in [1.29, 1.82) is 0 Å². The van der Waals surface area contributed by atoms with Crippen molar-refractivity contribution in [1.82, 2.24) is 10.3 Å². The Bertz CT molecular complexity index is 389. The lowest BCUT2D eigenvalue weighted by molar-refractivity contribution is -0.124. The topological polar surface area (TPSA) is 101 Å². The minimum absolute atomic E-state index is 0.0349. The normalized spacial score (nSPS) is 13.7. The first-order valence-corrected chi connectivity index (χ1v) is 6.06. The van der Waals surface area contributed by atoms with Crippen LogP contribution < -0.4 is 11.1 Å². The van der Waals surface area contributed by atoms with Gasteiger partial charge in [0.1, 0.15) is 5.92 Å². The highest BCUT2D eigenvalue weighted by molar-refractivity contribution is 7.09. The second-order valence-electron chi connectivity index (χ2n) is 3.93. The lowest BCUT2D eigenvalue weighted by Gasteiger charge is -2.18. The summed E-state index contributed by atoms with van der Waals surface area (Å²) in [5, 5.41) is 14.3. The van der Waals surface area contributed by atoms with Crippen molar-refractivity contribution in [2.45, 2.75) is 20.4 Å². The van der Waals surface area contributed by atoms with Crippen LogP contribution in [0.25, 0.3) is 0 Å². The fourth-order valence-corrected chi connectivity index (χ4v) is 1.99. The molecule has 0 radical (unpaired) electrons. The zero-order valence-electron chi connectivity index (χ0n) is 9.75. The quantitative estimate of drug-likeness (QED) is 0.313. The predicted molar refractivity (Wildman–Crippen MR) is 65.7 cm³/mol. The first kappa shape index (κ1) is 13.4. The van der Waals surface area contributed by atoms with E-state index in [-0.39, 0.29) is 17.7 Å². The predicted octanol–water partition coefficient (Wildman–Crippen LogP) is 0.778. The molecule has 1 aromatic rings. The van der Waals surface area contributed by atoms with Crippen LogP contribution in [-0.2, 0) is 11.3 Å². The molecule has 0 aromatic carbocycles. The Kier molecular flexibility index (Phi) is 4.89. The summed E-state index contributed by atoms with van der Waals surface area (Å²) in [6, 6.07) is 0. The first-order chi connectivity index (χ1) is 8.06. The van der Waals surface area contributed by atoms with Gasteiger partial charge in [-0.1, -0.05) is 19.0 Å². The number of rotatable bonds is 5. The number of hydrogen-bond donors (Lipinski definition) is 3. The standard InChI is InChI=1S/C10H16N4O2S/c1-6(2)8(9(11)14-16)10(15)13-4-7-3-12-5-17-7/h3,5-6,8,16H,4H2,1-2H3,(H2,11,14)(H,13,15). The third kappa shape index (κ3) is 3.70. The third-order valence-electron chi connectivity index (χ3n) is 2.30. The van der Waals surface area contributed by atoms with Crippen LogP contribution in [0.5, 0.6) is 0 Å². The van der Waals surface area contributed by atoms with Crippen molar-refractivity contribution in [2.24, 2.45) is 22.7 Å². The van der Waals surface area contributed by atoms with E-state index >= 15 is 0 Å². The molecule has 6 nitrogen and oxygen atoms in total. The molecule has 94 valence electrons. The summed E-state index contributed by atoms with van der Waals surface area (Å²) >= 11 is 1.46. The Labute approximate surface area is 104 Å². The van der Waals surface area contributed by atoms with Crippen LogP contribution in [0.4, 0.5) is 0 Å². The van der Waals surface area contributed by atoms with Gasteiger partial charge in [0.15, 0.2) is 5.84 Å². The highest BCUT2D eigenvalue weighted by Crippen LogP contribution is 2.12. The van der Waals surface area contributed by atoms with E-state index in [9.17, 15) is 4.79 Å². The SMILES string of the molecule is CC(C)C(C(=O)NCc1cncs1)C(N)=NO. The lowest BCUT2D eigenvalue weighted by atomic mass is 9.94. The molecule has 0 aliphatic rings. The van der Waals surface area contributed by atoms with Crippen molar-refractivity contribution in [3.05, 3.63) is 16.6 Å².